The molecule has 0 aromatic heterocycles. The van der Waals surface area contributed by atoms with E-state index in [0.29, 0.717) is 12.1 Å². The average molecular weight is 296 g/mol. The summed E-state index contributed by atoms with van der Waals surface area (Å²) in [6, 6.07) is 1.14. The molecule has 10 heteroatoms. The van der Waals surface area contributed by atoms with Crippen LogP contribution in [-0.4, -0.2) is 22.8 Å². The fourth-order valence-electron chi connectivity index (χ4n) is 1.62. The van der Waals surface area contributed by atoms with Gasteiger partial charge in [0.2, 0.25) is 0 Å². The summed E-state index contributed by atoms with van der Waals surface area (Å²) < 4.78 is 26.9. The van der Waals surface area contributed by atoms with Crippen LogP contribution in [0.15, 0.2) is 17.2 Å². The van der Waals surface area contributed by atoms with E-state index in [1.54, 1.807) is 0 Å². The highest BCUT2D eigenvalue weighted by molar-refractivity contribution is 6.02. The first-order chi connectivity index (χ1) is 9.93. The van der Waals surface area contributed by atoms with Crippen LogP contribution in [0.4, 0.5) is 14.5 Å². The maximum atomic E-state index is 13.5. The smallest absolute Gasteiger partial charge is 0.325 e. The molecule has 0 N–H and O–H groups in total. The van der Waals surface area contributed by atoms with Gasteiger partial charge in [-0.1, -0.05) is 5.11 Å². The highest BCUT2D eigenvalue weighted by atomic mass is 19.1. The van der Waals surface area contributed by atoms with E-state index < -0.39 is 40.7 Å². The van der Waals surface area contributed by atoms with Gasteiger partial charge in [0.1, 0.15) is 17.3 Å². The number of hydrogen-bond acceptors (Lipinski definition) is 5. The zero-order chi connectivity index (χ0) is 15.6. The molecule has 2 rings (SSSR count). The van der Waals surface area contributed by atoms with Crippen molar-refractivity contribution in [3.8, 4) is 0 Å². The van der Waals surface area contributed by atoms with Gasteiger partial charge < -0.3 is 4.84 Å². The number of halogens is 2. The van der Waals surface area contributed by atoms with Gasteiger partial charge in [0.15, 0.2) is 0 Å². The van der Waals surface area contributed by atoms with Crippen LogP contribution in [0.3, 0.4) is 0 Å². The van der Waals surface area contributed by atoms with Crippen molar-refractivity contribution in [2.45, 2.75) is 12.8 Å². The number of amides is 2. The van der Waals surface area contributed by atoms with E-state index in [2.05, 4.69) is 14.9 Å². The van der Waals surface area contributed by atoms with Crippen molar-refractivity contribution in [1.29, 1.82) is 0 Å². The predicted octanol–water partition coefficient (Wildman–Crippen LogP) is 2.13. The lowest BCUT2D eigenvalue weighted by Gasteiger charge is -2.12. The van der Waals surface area contributed by atoms with Gasteiger partial charge in [0.25, 0.3) is 11.8 Å². The third-order valence-electron chi connectivity index (χ3n) is 2.58. The highest BCUT2D eigenvalue weighted by Gasteiger charge is 2.33. The quantitative estimate of drug-likeness (QED) is 0.368. The zero-order valence-corrected chi connectivity index (χ0v) is 10.2. The Balaban J connectivity index is 2.26. The van der Waals surface area contributed by atoms with Crippen molar-refractivity contribution in [2.75, 3.05) is 0 Å². The van der Waals surface area contributed by atoms with Gasteiger partial charge in [0.05, 0.1) is 5.56 Å². The number of carbonyl (C=O) groups excluding carboxylic acids is 3. The first-order valence-electron chi connectivity index (χ1n) is 5.56. The number of azide groups is 1. The molecule has 108 valence electrons. The molecule has 21 heavy (non-hydrogen) atoms. The summed E-state index contributed by atoms with van der Waals surface area (Å²) in [5.74, 6) is -5.29. The molecule has 1 heterocycles. The van der Waals surface area contributed by atoms with Gasteiger partial charge in [-0.3, -0.25) is 9.59 Å². The Morgan fingerprint density at radius 2 is 1.76 bits per heavy atom. The van der Waals surface area contributed by atoms with Crippen LogP contribution in [0.2, 0.25) is 0 Å². The highest BCUT2D eigenvalue weighted by Crippen LogP contribution is 2.25. The van der Waals surface area contributed by atoms with Crippen molar-refractivity contribution < 1.29 is 28.0 Å². The van der Waals surface area contributed by atoms with Crippen LogP contribution in [0.25, 0.3) is 10.4 Å². The molecule has 0 unspecified atom stereocenters. The molecule has 0 atom stereocenters. The molecule has 8 nitrogen and oxygen atoms in total. The Kier molecular flexibility index (Phi) is 3.81. The molecule has 0 aliphatic carbocycles. The first kappa shape index (κ1) is 14.4. The number of hydroxylamine groups is 2. The van der Waals surface area contributed by atoms with Crippen LogP contribution >= 0.6 is 0 Å². The van der Waals surface area contributed by atoms with Crippen molar-refractivity contribution in [3.05, 3.63) is 39.8 Å². The summed E-state index contributed by atoms with van der Waals surface area (Å²) in [4.78, 5) is 40.9. The lowest BCUT2D eigenvalue weighted by Crippen LogP contribution is -2.32. The number of imide groups is 1. The number of hydrogen-bond donors (Lipinski definition) is 0. The lowest BCUT2D eigenvalue weighted by molar-refractivity contribution is -0.172. The van der Waals surface area contributed by atoms with Gasteiger partial charge in [-0.05, 0) is 17.7 Å². The zero-order valence-electron chi connectivity index (χ0n) is 10.2. The SMILES string of the molecule is [N-]=[N+]=Nc1c(F)cc(C(=O)ON2C(=O)CCC2=O)cc1F. The summed E-state index contributed by atoms with van der Waals surface area (Å²) >= 11 is 0. The molecule has 0 radical (unpaired) electrons. The molecule has 1 aromatic carbocycles. The fourth-order valence-corrected chi connectivity index (χ4v) is 1.62. The largest absolute Gasteiger partial charge is 0.364 e. The Hall–Kier alpha value is -3.00. The summed E-state index contributed by atoms with van der Waals surface area (Å²) in [5.41, 5.74) is 6.67. The Morgan fingerprint density at radius 3 is 2.24 bits per heavy atom. The molecular weight excluding hydrogens is 290 g/mol. The second-order valence-electron chi connectivity index (χ2n) is 3.94. The van der Waals surface area contributed by atoms with E-state index in [9.17, 15) is 23.2 Å². The topological polar surface area (TPSA) is 112 Å². The minimum Gasteiger partial charge on any atom is -0.325 e. The fraction of sp³-hybridized carbons (Fsp3) is 0.182. The normalized spacial score (nSPS) is 14.1. The van der Waals surface area contributed by atoms with Gasteiger partial charge in [0, 0.05) is 17.8 Å². The minimum absolute atomic E-state index is 0.106. The second-order valence-corrected chi connectivity index (χ2v) is 3.94. The molecule has 0 bridgehead atoms. The molecule has 1 aromatic rings. The van der Waals surface area contributed by atoms with E-state index in [4.69, 9.17) is 5.53 Å². The monoisotopic (exact) mass is 296 g/mol. The Morgan fingerprint density at radius 1 is 1.24 bits per heavy atom. The minimum atomic E-state index is -1.29. The van der Waals surface area contributed by atoms with E-state index in [-0.39, 0.29) is 17.9 Å². The number of rotatable bonds is 3. The third-order valence-corrected chi connectivity index (χ3v) is 2.58. The number of nitrogens with zero attached hydrogens (tertiary/aromatic N) is 4. The van der Waals surface area contributed by atoms with Crippen molar-refractivity contribution in [3.63, 3.8) is 0 Å². The van der Waals surface area contributed by atoms with E-state index in [0.717, 1.165) is 0 Å². The lowest BCUT2D eigenvalue weighted by atomic mass is 10.2. The first-order valence-corrected chi connectivity index (χ1v) is 5.56. The molecule has 1 saturated heterocycles. The van der Waals surface area contributed by atoms with Crippen molar-refractivity contribution in [1.82, 2.24) is 5.06 Å². The number of benzene rings is 1. The van der Waals surface area contributed by atoms with Gasteiger partial charge in [-0.15, -0.1) is 5.06 Å². The molecule has 2 amide bonds. The summed E-state index contributed by atoms with van der Waals surface area (Å²) in [6.45, 7) is 0. The summed E-state index contributed by atoms with van der Waals surface area (Å²) in [6.07, 6.45) is -0.213. The summed E-state index contributed by atoms with van der Waals surface area (Å²) in [7, 11) is 0. The van der Waals surface area contributed by atoms with Crippen LogP contribution in [-0.2, 0) is 14.4 Å². The molecule has 0 saturated carbocycles. The maximum absolute atomic E-state index is 13.5. The van der Waals surface area contributed by atoms with Crippen molar-refractivity contribution >= 4 is 23.5 Å². The van der Waals surface area contributed by atoms with Crippen LogP contribution < -0.4 is 0 Å². The van der Waals surface area contributed by atoms with Gasteiger partial charge in [-0.25, -0.2) is 13.6 Å². The van der Waals surface area contributed by atoms with E-state index >= 15 is 0 Å². The average Bonchev–Trinajstić information content (AvgIpc) is 2.74. The van der Waals surface area contributed by atoms with E-state index in [1.807, 2.05) is 0 Å². The predicted molar refractivity (Wildman–Crippen MR) is 61.7 cm³/mol. The Bertz CT molecular complexity index is 660. The molecule has 1 fully saturated rings. The van der Waals surface area contributed by atoms with Crippen LogP contribution in [0.1, 0.15) is 23.2 Å². The Labute approximate surface area is 115 Å². The van der Waals surface area contributed by atoms with Crippen LogP contribution in [0.5, 0.6) is 0 Å². The molecule has 0 spiro atoms. The van der Waals surface area contributed by atoms with Crippen molar-refractivity contribution in [2.24, 2.45) is 5.11 Å². The maximum Gasteiger partial charge on any atom is 0.364 e. The second kappa shape index (κ2) is 5.55. The molecular formula is C11H6F2N4O4. The molecule has 1 aliphatic rings. The van der Waals surface area contributed by atoms with Gasteiger partial charge >= 0.3 is 5.97 Å². The van der Waals surface area contributed by atoms with Crippen LogP contribution in [0, 0.1) is 11.6 Å². The van der Waals surface area contributed by atoms with E-state index in [1.165, 1.54) is 0 Å². The van der Waals surface area contributed by atoms with Gasteiger partial charge in [-0.2, -0.15) is 0 Å². The number of carbonyl (C=O) groups is 3. The standard InChI is InChI=1S/C11H6F2N4O4/c12-6-3-5(4-7(13)10(6)15-16-14)11(20)21-17-8(18)1-2-9(17)19/h3-4H,1-2H2. The third kappa shape index (κ3) is 2.79. The molecule has 1 aliphatic heterocycles. The summed E-state index contributed by atoms with van der Waals surface area (Å²) in [5, 5.41) is 3.04.